The number of para-hydroxylation sites is 1. The first-order valence-corrected chi connectivity index (χ1v) is 10.2. The van der Waals surface area contributed by atoms with Gasteiger partial charge in [-0.05, 0) is 49.4 Å². The van der Waals surface area contributed by atoms with E-state index < -0.39 is 11.9 Å². The van der Waals surface area contributed by atoms with Gasteiger partial charge in [-0.25, -0.2) is 9.59 Å². The van der Waals surface area contributed by atoms with Crippen molar-refractivity contribution in [2.75, 3.05) is 0 Å². The van der Waals surface area contributed by atoms with Crippen molar-refractivity contribution in [3.63, 3.8) is 0 Å². The van der Waals surface area contributed by atoms with Crippen LogP contribution in [0.5, 0.6) is 5.75 Å². The predicted molar refractivity (Wildman–Crippen MR) is 111 cm³/mol. The number of hydrogen-bond acceptors (Lipinski definition) is 4. The Hall–Kier alpha value is -2.62. The van der Waals surface area contributed by atoms with Gasteiger partial charge in [0.05, 0.1) is 11.1 Å². The fourth-order valence-electron chi connectivity index (χ4n) is 3.17. The molecule has 1 unspecified atom stereocenters. The SMILES string of the molecule is CCC(CC)CCC(CC)OC(=O)c1ccccc1C(=O)Oc1ccccc1. The summed E-state index contributed by atoms with van der Waals surface area (Å²) < 4.78 is 11.1. The van der Waals surface area contributed by atoms with Crippen LogP contribution in [-0.2, 0) is 4.74 Å². The molecular weight excluding hydrogens is 352 g/mol. The van der Waals surface area contributed by atoms with Crippen LogP contribution in [0.25, 0.3) is 0 Å². The van der Waals surface area contributed by atoms with Gasteiger partial charge < -0.3 is 9.47 Å². The molecule has 0 N–H and O–H groups in total. The number of esters is 2. The maximum atomic E-state index is 12.7. The van der Waals surface area contributed by atoms with Crippen LogP contribution < -0.4 is 4.74 Å². The van der Waals surface area contributed by atoms with E-state index in [4.69, 9.17) is 9.47 Å². The highest BCUT2D eigenvalue weighted by atomic mass is 16.5. The highest BCUT2D eigenvalue weighted by Crippen LogP contribution is 2.21. The number of ether oxygens (including phenoxy) is 2. The van der Waals surface area contributed by atoms with E-state index in [0.717, 1.165) is 32.1 Å². The van der Waals surface area contributed by atoms with E-state index in [2.05, 4.69) is 13.8 Å². The first-order chi connectivity index (χ1) is 13.6. The van der Waals surface area contributed by atoms with Crippen molar-refractivity contribution in [3.8, 4) is 5.75 Å². The van der Waals surface area contributed by atoms with Crippen molar-refractivity contribution in [2.24, 2.45) is 5.92 Å². The zero-order chi connectivity index (χ0) is 20.4. The van der Waals surface area contributed by atoms with Crippen molar-refractivity contribution in [1.82, 2.24) is 0 Å². The molecule has 0 aromatic heterocycles. The van der Waals surface area contributed by atoms with E-state index >= 15 is 0 Å². The standard InChI is InChI=1S/C24H30O4/c1-4-18(5-2)16-17-19(6-3)27-23(25)21-14-10-11-15-22(21)24(26)28-20-12-8-7-9-13-20/h7-15,18-19H,4-6,16-17H2,1-3H3. The largest absolute Gasteiger partial charge is 0.459 e. The average molecular weight is 383 g/mol. The van der Waals surface area contributed by atoms with Crippen LogP contribution in [0.2, 0.25) is 0 Å². The van der Waals surface area contributed by atoms with Crippen LogP contribution in [0.15, 0.2) is 54.6 Å². The summed E-state index contributed by atoms with van der Waals surface area (Å²) in [6, 6.07) is 15.4. The van der Waals surface area contributed by atoms with Crippen LogP contribution >= 0.6 is 0 Å². The topological polar surface area (TPSA) is 52.6 Å². The Labute approximate surface area is 167 Å². The van der Waals surface area contributed by atoms with E-state index in [0.29, 0.717) is 11.7 Å². The summed E-state index contributed by atoms with van der Waals surface area (Å²) in [6.07, 6.45) is 4.75. The molecule has 0 saturated carbocycles. The van der Waals surface area contributed by atoms with Crippen molar-refractivity contribution < 1.29 is 19.1 Å². The molecule has 4 heteroatoms. The van der Waals surface area contributed by atoms with Gasteiger partial charge in [-0.2, -0.15) is 0 Å². The molecule has 150 valence electrons. The van der Waals surface area contributed by atoms with Gasteiger partial charge in [-0.3, -0.25) is 0 Å². The molecule has 0 radical (unpaired) electrons. The van der Waals surface area contributed by atoms with Crippen molar-refractivity contribution >= 4 is 11.9 Å². The molecule has 0 bridgehead atoms. The summed E-state index contributed by atoms with van der Waals surface area (Å²) >= 11 is 0. The summed E-state index contributed by atoms with van der Waals surface area (Å²) in [5.74, 6) is 0.0500. The van der Waals surface area contributed by atoms with Gasteiger partial charge in [0.15, 0.2) is 0 Å². The maximum absolute atomic E-state index is 12.7. The molecule has 0 aliphatic heterocycles. The first-order valence-electron chi connectivity index (χ1n) is 10.2. The Bertz CT molecular complexity index is 750. The maximum Gasteiger partial charge on any atom is 0.344 e. The Balaban J connectivity index is 2.07. The Kier molecular flexibility index (Phi) is 8.73. The molecule has 4 nitrogen and oxygen atoms in total. The lowest BCUT2D eigenvalue weighted by atomic mass is 9.95. The third kappa shape index (κ3) is 6.22. The summed E-state index contributed by atoms with van der Waals surface area (Å²) in [5, 5.41) is 0. The van der Waals surface area contributed by atoms with Gasteiger partial charge in [-0.15, -0.1) is 0 Å². The molecule has 28 heavy (non-hydrogen) atoms. The van der Waals surface area contributed by atoms with E-state index in [1.807, 2.05) is 13.0 Å². The van der Waals surface area contributed by atoms with Crippen molar-refractivity contribution in [3.05, 3.63) is 65.7 Å². The van der Waals surface area contributed by atoms with E-state index in [1.165, 1.54) is 0 Å². The summed E-state index contributed by atoms with van der Waals surface area (Å²) in [5.41, 5.74) is 0.454. The van der Waals surface area contributed by atoms with Crippen LogP contribution in [0.1, 0.15) is 73.6 Å². The second-order valence-corrected chi connectivity index (χ2v) is 6.94. The van der Waals surface area contributed by atoms with Gasteiger partial charge >= 0.3 is 11.9 Å². The lowest BCUT2D eigenvalue weighted by Crippen LogP contribution is -2.21. The zero-order valence-electron chi connectivity index (χ0n) is 17.0. The number of carbonyl (C=O) groups is 2. The number of rotatable bonds is 10. The molecule has 0 aliphatic carbocycles. The fourth-order valence-corrected chi connectivity index (χ4v) is 3.17. The van der Waals surface area contributed by atoms with E-state index in [9.17, 15) is 9.59 Å². The Morgan fingerprint density at radius 3 is 1.89 bits per heavy atom. The molecule has 2 aromatic carbocycles. The van der Waals surface area contributed by atoms with Gasteiger partial charge in [0.2, 0.25) is 0 Å². The molecule has 0 amide bonds. The van der Waals surface area contributed by atoms with Crippen LogP contribution in [0, 0.1) is 5.92 Å². The molecule has 2 aromatic rings. The second-order valence-electron chi connectivity index (χ2n) is 6.94. The third-order valence-electron chi connectivity index (χ3n) is 5.10. The minimum Gasteiger partial charge on any atom is -0.459 e. The molecule has 1 atom stereocenters. The van der Waals surface area contributed by atoms with Crippen LogP contribution in [-0.4, -0.2) is 18.0 Å². The van der Waals surface area contributed by atoms with Crippen LogP contribution in [0.3, 0.4) is 0 Å². The van der Waals surface area contributed by atoms with Gasteiger partial charge in [0.25, 0.3) is 0 Å². The number of benzene rings is 2. The Morgan fingerprint density at radius 1 is 0.750 bits per heavy atom. The van der Waals surface area contributed by atoms with Gasteiger partial charge in [0.1, 0.15) is 11.9 Å². The van der Waals surface area contributed by atoms with Crippen molar-refractivity contribution in [2.45, 2.75) is 59.0 Å². The van der Waals surface area contributed by atoms with Crippen LogP contribution in [0.4, 0.5) is 0 Å². The lowest BCUT2D eigenvalue weighted by molar-refractivity contribution is 0.0252. The average Bonchev–Trinajstić information content (AvgIpc) is 2.74. The second kappa shape index (κ2) is 11.3. The minimum atomic E-state index is -0.566. The summed E-state index contributed by atoms with van der Waals surface area (Å²) in [7, 11) is 0. The normalized spacial score (nSPS) is 11.9. The van der Waals surface area contributed by atoms with Gasteiger partial charge in [-0.1, -0.05) is 63.9 Å². The third-order valence-corrected chi connectivity index (χ3v) is 5.10. The van der Waals surface area contributed by atoms with Gasteiger partial charge in [0, 0.05) is 0 Å². The summed E-state index contributed by atoms with van der Waals surface area (Å²) in [6.45, 7) is 6.39. The first kappa shape index (κ1) is 21.7. The molecule has 0 fully saturated rings. The quantitative estimate of drug-likeness (QED) is 0.370. The number of carbonyl (C=O) groups excluding carboxylic acids is 2. The zero-order valence-corrected chi connectivity index (χ0v) is 17.0. The Morgan fingerprint density at radius 2 is 1.32 bits per heavy atom. The molecular formula is C24H30O4. The van der Waals surface area contributed by atoms with Crippen molar-refractivity contribution in [1.29, 1.82) is 0 Å². The highest BCUT2D eigenvalue weighted by molar-refractivity contribution is 6.03. The monoisotopic (exact) mass is 382 g/mol. The molecule has 0 heterocycles. The number of hydrogen-bond donors (Lipinski definition) is 0. The van der Waals surface area contributed by atoms with E-state index in [1.54, 1.807) is 48.5 Å². The molecule has 0 spiro atoms. The highest BCUT2D eigenvalue weighted by Gasteiger charge is 2.22. The smallest absolute Gasteiger partial charge is 0.344 e. The fraction of sp³-hybridized carbons (Fsp3) is 0.417. The minimum absolute atomic E-state index is 0.147. The van der Waals surface area contributed by atoms with E-state index in [-0.39, 0.29) is 17.2 Å². The molecule has 0 aliphatic rings. The lowest BCUT2D eigenvalue weighted by Gasteiger charge is -2.20. The molecule has 2 rings (SSSR count). The molecule has 0 saturated heterocycles. The summed E-state index contributed by atoms with van der Waals surface area (Å²) in [4.78, 5) is 25.3. The predicted octanol–water partition coefficient (Wildman–Crippen LogP) is 6.06.